The molecule has 0 saturated carbocycles. The van der Waals surface area contributed by atoms with Crippen molar-refractivity contribution in [3.63, 3.8) is 0 Å². The van der Waals surface area contributed by atoms with Crippen LogP contribution in [0.4, 0.5) is 0 Å². The molecule has 0 unspecified atom stereocenters. The van der Waals surface area contributed by atoms with Gasteiger partial charge in [0.2, 0.25) is 0 Å². The summed E-state index contributed by atoms with van der Waals surface area (Å²) in [6, 6.07) is 16.5. The van der Waals surface area contributed by atoms with Crippen molar-refractivity contribution in [2.45, 2.75) is 136 Å². The predicted molar refractivity (Wildman–Crippen MR) is 207 cm³/mol. The Morgan fingerprint density at radius 3 is 1.25 bits per heavy atom. The lowest BCUT2D eigenvalue weighted by molar-refractivity contribution is -0.142. The number of aromatic nitrogens is 4. The van der Waals surface area contributed by atoms with Crippen molar-refractivity contribution >= 4 is 11.6 Å². The van der Waals surface area contributed by atoms with E-state index in [2.05, 4.69) is 48.1 Å². The number of carbonyl (C=O) groups is 2. The van der Waals surface area contributed by atoms with Crippen LogP contribution in [0.25, 0.3) is 0 Å². The van der Waals surface area contributed by atoms with E-state index in [-0.39, 0.29) is 17.0 Å². The molecule has 0 saturated heterocycles. The number of Topliss-reactive ketones (excluding diaryl/α,β-unsaturated/α-hetero) is 2. The summed E-state index contributed by atoms with van der Waals surface area (Å²) in [7, 11) is 0. The number of benzene rings is 2. The zero-order valence-electron chi connectivity index (χ0n) is 33.5. The molecule has 53 heavy (non-hydrogen) atoms. The van der Waals surface area contributed by atoms with Crippen LogP contribution < -0.4 is 9.47 Å². The minimum atomic E-state index is -0.874. The maximum Gasteiger partial charge on any atom is 0.165 e. The third kappa shape index (κ3) is 12.4. The van der Waals surface area contributed by atoms with E-state index < -0.39 is 22.4 Å². The first-order chi connectivity index (χ1) is 24.8. The highest BCUT2D eigenvalue weighted by Gasteiger charge is 2.31. The van der Waals surface area contributed by atoms with E-state index in [1.54, 1.807) is 25.0 Å². The third-order valence-electron chi connectivity index (χ3n) is 9.93. The number of hydrogen-bond acceptors (Lipinski definition) is 8. The molecule has 0 spiro atoms. The number of imidazole rings is 2. The van der Waals surface area contributed by atoms with Gasteiger partial charge in [0.1, 0.15) is 33.9 Å². The summed E-state index contributed by atoms with van der Waals surface area (Å²) in [5, 5.41) is 0. The largest absolute Gasteiger partial charge is 0.488 e. The van der Waals surface area contributed by atoms with E-state index in [9.17, 15) is 9.59 Å². The monoisotopic (exact) mass is 728 g/mol. The first-order valence-corrected chi connectivity index (χ1v) is 18.6. The summed E-state index contributed by atoms with van der Waals surface area (Å²) in [6.45, 7) is 21.8. The molecule has 0 atom stereocenters. The van der Waals surface area contributed by atoms with Gasteiger partial charge < -0.3 is 28.1 Å². The lowest BCUT2D eigenvalue weighted by Crippen LogP contribution is -2.38. The summed E-state index contributed by atoms with van der Waals surface area (Å²) < 4.78 is 28.6. The molecule has 10 nitrogen and oxygen atoms in total. The second-order valence-corrected chi connectivity index (χ2v) is 16.6. The topological polar surface area (TPSA) is 107 Å². The van der Waals surface area contributed by atoms with Crippen LogP contribution in [0.15, 0.2) is 86.0 Å². The number of aryl methyl sites for hydroxylation is 2. The second-order valence-electron chi connectivity index (χ2n) is 16.6. The van der Waals surface area contributed by atoms with E-state index in [4.69, 9.17) is 18.9 Å². The number of ether oxygens (including phenoxy) is 4. The van der Waals surface area contributed by atoms with Crippen LogP contribution in [0.3, 0.4) is 0 Å². The van der Waals surface area contributed by atoms with Crippen LogP contribution in [-0.4, -0.2) is 66.3 Å². The molecule has 0 aliphatic carbocycles. The Balaban J connectivity index is 1.23. The molecule has 0 aliphatic heterocycles. The Hall–Kier alpha value is -4.28. The Morgan fingerprint density at radius 2 is 0.925 bits per heavy atom. The highest BCUT2D eigenvalue weighted by molar-refractivity contribution is 5.86. The highest BCUT2D eigenvalue weighted by atomic mass is 16.5. The normalized spacial score (nSPS) is 12.9. The van der Waals surface area contributed by atoms with E-state index >= 15 is 0 Å². The Bertz CT molecular complexity index is 1590. The van der Waals surface area contributed by atoms with E-state index in [0.29, 0.717) is 52.0 Å². The van der Waals surface area contributed by atoms with Crippen LogP contribution in [0.2, 0.25) is 0 Å². The standard InChI is InChI=1S/C43H60N4O6/c1-39(2,21-29-50-42(7,8)37(48)19-25-46-27-23-44-31-46)52-35-15-11-33(12-16-35)41(5,6)34-13-17-36(18-14-34)53-40(3,4)22-30-51-43(9,10)38(49)20-26-47-28-24-45-32-47/h11-18,23-24,27-28,31-32H,19-22,25-26,29-30H2,1-10H3. The smallest absolute Gasteiger partial charge is 0.165 e. The van der Waals surface area contributed by atoms with Crippen molar-refractivity contribution in [3.8, 4) is 11.5 Å². The average molecular weight is 729 g/mol. The zero-order valence-corrected chi connectivity index (χ0v) is 33.5. The molecule has 4 aromatic rings. The first-order valence-electron chi connectivity index (χ1n) is 18.6. The summed E-state index contributed by atoms with van der Waals surface area (Å²) in [4.78, 5) is 33.7. The van der Waals surface area contributed by atoms with Gasteiger partial charge in [-0.2, -0.15) is 0 Å². The molecule has 0 N–H and O–H groups in total. The molecule has 2 aromatic heterocycles. The molecule has 4 rings (SSSR count). The second kappa shape index (κ2) is 17.2. The van der Waals surface area contributed by atoms with Crippen LogP contribution in [0, 0.1) is 0 Å². The molecule has 0 aliphatic rings. The van der Waals surface area contributed by atoms with Crippen LogP contribution in [0.5, 0.6) is 11.5 Å². The van der Waals surface area contributed by atoms with Gasteiger partial charge in [0.25, 0.3) is 0 Å². The van der Waals surface area contributed by atoms with Crippen LogP contribution in [-0.2, 0) is 37.6 Å². The molecular formula is C43H60N4O6. The molecule has 2 heterocycles. The minimum absolute atomic E-state index is 0.0586. The van der Waals surface area contributed by atoms with E-state index in [1.165, 1.54) is 0 Å². The molecule has 288 valence electrons. The maximum absolute atomic E-state index is 12.8. The Morgan fingerprint density at radius 1 is 0.566 bits per heavy atom. The maximum atomic E-state index is 12.8. The summed E-state index contributed by atoms with van der Waals surface area (Å²) in [6.07, 6.45) is 12.6. The Kier molecular flexibility index (Phi) is 13.5. The van der Waals surface area contributed by atoms with Gasteiger partial charge in [-0.3, -0.25) is 9.59 Å². The number of nitrogens with zero attached hydrogens (tertiary/aromatic N) is 4. The predicted octanol–water partition coefficient (Wildman–Crippen LogP) is 8.41. The quantitative estimate of drug-likeness (QED) is 0.0795. The van der Waals surface area contributed by atoms with Gasteiger partial charge in [-0.05, 0) is 90.8 Å². The summed E-state index contributed by atoms with van der Waals surface area (Å²) in [5.74, 6) is 1.68. The third-order valence-corrected chi connectivity index (χ3v) is 9.93. The van der Waals surface area contributed by atoms with Crippen molar-refractivity contribution in [2.24, 2.45) is 0 Å². The van der Waals surface area contributed by atoms with Gasteiger partial charge in [0.05, 0.1) is 25.9 Å². The molecule has 0 bridgehead atoms. The fraction of sp³-hybridized carbons (Fsp3) is 0.535. The van der Waals surface area contributed by atoms with Crippen molar-refractivity contribution in [1.29, 1.82) is 0 Å². The van der Waals surface area contributed by atoms with Gasteiger partial charge in [-0.15, -0.1) is 0 Å². The van der Waals surface area contributed by atoms with Gasteiger partial charge >= 0.3 is 0 Å². The van der Waals surface area contributed by atoms with Crippen molar-refractivity contribution in [1.82, 2.24) is 19.1 Å². The Labute approximate surface area is 316 Å². The molecule has 2 aromatic carbocycles. The van der Waals surface area contributed by atoms with Gasteiger partial charge in [-0.25, -0.2) is 9.97 Å². The molecule has 0 fully saturated rings. The van der Waals surface area contributed by atoms with Gasteiger partial charge in [-0.1, -0.05) is 38.1 Å². The van der Waals surface area contributed by atoms with Gasteiger partial charge in [0.15, 0.2) is 11.6 Å². The lowest BCUT2D eigenvalue weighted by Gasteiger charge is -2.31. The van der Waals surface area contributed by atoms with Gasteiger partial charge in [0, 0.05) is 69.0 Å². The van der Waals surface area contributed by atoms with Crippen LogP contribution in [0.1, 0.15) is 106 Å². The summed E-state index contributed by atoms with van der Waals surface area (Å²) >= 11 is 0. The van der Waals surface area contributed by atoms with Crippen molar-refractivity contribution < 1.29 is 28.5 Å². The lowest BCUT2D eigenvalue weighted by atomic mass is 9.78. The number of carbonyl (C=O) groups excluding carboxylic acids is 2. The number of hydrogen-bond donors (Lipinski definition) is 0. The first kappa shape index (κ1) is 41.5. The van der Waals surface area contributed by atoms with Crippen molar-refractivity contribution in [3.05, 3.63) is 97.1 Å². The fourth-order valence-electron chi connectivity index (χ4n) is 5.95. The zero-order chi connectivity index (χ0) is 38.9. The fourth-order valence-corrected chi connectivity index (χ4v) is 5.95. The molecular weight excluding hydrogens is 668 g/mol. The molecule has 10 heteroatoms. The molecule has 0 amide bonds. The SMILES string of the molecule is CC(C)(CCOC(C)(C)C(=O)CCn1ccnc1)Oc1ccc(C(C)(C)c2ccc(OC(C)(C)CCOC(C)(C)C(=O)CCn3ccnc3)cc2)cc1. The molecule has 0 radical (unpaired) electrons. The summed E-state index contributed by atoms with van der Waals surface area (Å²) in [5.41, 5.74) is -0.654. The van der Waals surface area contributed by atoms with Crippen LogP contribution >= 0.6 is 0 Å². The highest BCUT2D eigenvalue weighted by Crippen LogP contribution is 2.35. The number of ketones is 2. The van der Waals surface area contributed by atoms with Crippen molar-refractivity contribution in [2.75, 3.05) is 13.2 Å². The average Bonchev–Trinajstić information content (AvgIpc) is 3.81. The number of rotatable bonds is 22. The van der Waals surface area contributed by atoms with E-state index in [1.807, 2.05) is 101 Å². The minimum Gasteiger partial charge on any atom is -0.488 e. The van der Waals surface area contributed by atoms with E-state index in [0.717, 1.165) is 22.6 Å².